The van der Waals surface area contributed by atoms with Crippen molar-refractivity contribution >= 4 is 11.9 Å². The molecule has 0 aliphatic carbocycles. The number of urea groups is 1. The van der Waals surface area contributed by atoms with Crippen LogP contribution in [0, 0.1) is 6.92 Å². The van der Waals surface area contributed by atoms with Gasteiger partial charge in [0.25, 0.3) is 0 Å². The predicted molar refractivity (Wildman–Crippen MR) is 74.5 cm³/mol. The Bertz CT molecular complexity index is 432. The van der Waals surface area contributed by atoms with E-state index >= 15 is 0 Å². The molecule has 19 heavy (non-hydrogen) atoms. The summed E-state index contributed by atoms with van der Waals surface area (Å²) in [5.41, 5.74) is 7.21. The molecular weight excluding hydrogens is 242 g/mol. The summed E-state index contributed by atoms with van der Waals surface area (Å²) >= 11 is 0. The number of carbonyl (C=O) groups excluding carboxylic acids is 2. The first-order valence-corrected chi connectivity index (χ1v) is 6.43. The molecular formula is C14H21N3O2. The summed E-state index contributed by atoms with van der Waals surface area (Å²) in [5.74, 6) is 0.0283. The molecule has 104 valence electrons. The van der Waals surface area contributed by atoms with Crippen molar-refractivity contribution in [2.75, 3.05) is 6.54 Å². The molecule has 0 aliphatic heterocycles. The van der Waals surface area contributed by atoms with E-state index < -0.39 is 6.03 Å². The van der Waals surface area contributed by atoms with E-state index in [1.165, 1.54) is 5.56 Å². The van der Waals surface area contributed by atoms with Gasteiger partial charge in [0, 0.05) is 19.5 Å². The number of nitrogens with two attached hydrogens (primary N) is 1. The Labute approximate surface area is 113 Å². The molecule has 1 aromatic carbocycles. The lowest BCUT2D eigenvalue weighted by molar-refractivity contribution is -0.121. The van der Waals surface area contributed by atoms with Crippen molar-refractivity contribution in [3.8, 4) is 0 Å². The number of hydrogen-bond acceptors (Lipinski definition) is 2. The third-order valence-corrected chi connectivity index (χ3v) is 2.70. The Hall–Kier alpha value is -2.04. The van der Waals surface area contributed by atoms with Crippen LogP contribution in [0.15, 0.2) is 24.3 Å². The van der Waals surface area contributed by atoms with Gasteiger partial charge in [0.2, 0.25) is 5.91 Å². The maximum Gasteiger partial charge on any atom is 0.312 e. The number of benzene rings is 1. The molecule has 0 bridgehead atoms. The highest BCUT2D eigenvalue weighted by Crippen LogP contribution is 2.03. The second-order valence-electron chi connectivity index (χ2n) is 4.51. The normalized spacial score (nSPS) is 9.95. The fourth-order valence-electron chi connectivity index (χ4n) is 1.73. The van der Waals surface area contributed by atoms with Crippen LogP contribution in [0.1, 0.15) is 30.4 Å². The van der Waals surface area contributed by atoms with E-state index in [2.05, 4.69) is 16.7 Å². The highest BCUT2D eigenvalue weighted by atomic mass is 16.2. The molecule has 0 fully saturated rings. The van der Waals surface area contributed by atoms with Gasteiger partial charge in [0.15, 0.2) is 0 Å². The van der Waals surface area contributed by atoms with Gasteiger partial charge in [0.1, 0.15) is 0 Å². The van der Waals surface area contributed by atoms with Gasteiger partial charge in [0.05, 0.1) is 0 Å². The molecule has 0 unspecified atom stereocenters. The maximum atomic E-state index is 11.6. The molecule has 0 aliphatic rings. The van der Waals surface area contributed by atoms with Crippen molar-refractivity contribution in [1.29, 1.82) is 0 Å². The number of rotatable bonds is 7. The topological polar surface area (TPSA) is 84.2 Å². The third kappa shape index (κ3) is 7.08. The molecule has 4 N–H and O–H groups in total. The Morgan fingerprint density at radius 2 is 2.00 bits per heavy atom. The number of primary amides is 1. The molecule has 0 atom stereocenters. The molecule has 1 rings (SSSR count). The summed E-state index contributed by atoms with van der Waals surface area (Å²) in [5, 5.41) is 5.37. The van der Waals surface area contributed by atoms with Gasteiger partial charge >= 0.3 is 6.03 Å². The molecule has 0 aromatic heterocycles. The molecule has 3 amide bonds. The Morgan fingerprint density at radius 3 is 2.68 bits per heavy atom. The highest BCUT2D eigenvalue weighted by molar-refractivity contribution is 5.75. The Balaban J connectivity index is 2.13. The van der Waals surface area contributed by atoms with Crippen molar-refractivity contribution in [1.82, 2.24) is 10.6 Å². The highest BCUT2D eigenvalue weighted by Gasteiger charge is 2.01. The second-order valence-corrected chi connectivity index (χ2v) is 4.51. The van der Waals surface area contributed by atoms with Crippen LogP contribution in [0.4, 0.5) is 4.79 Å². The number of nitrogens with one attached hydrogen (secondary N) is 2. The largest absolute Gasteiger partial charge is 0.352 e. The first-order valence-electron chi connectivity index (χ1n) is 6.43. The number of aryl methyl sites for hydroxylation is 1. The van der Waals surface area contributed by atoms with Crippen molar-refractivity contribution in [3.05, 3.63) is 35.4 Å². The first-order chi connectivity index (χ1) is 9.08. The molecule has 5 heteroatoms. The lowest BCUT2D eigenvalue weighted by Crippen LogP contribution is -2.30. The predicted octanol–water partition coefficient (Wildman–Crippen LogP) is 1.45. The van der Waals surface area contributed by atoms with Crippen molar-refractivity contribution in [3.63, 3.8) is 0 Å². The summed E-state index contributed by atoms with van der Waals surface area (Å²) in [7, 11) is 0. The van der Waals surface area contributed by atoms with Gasteiger partial charge in [-0.05, 0) is 25.3 Å². The second kappa shape index (κ2) is 8.13. The van der Waals surface area contributed by atoms with Crippen LogP contribution in [-0.2, 0) is 11.3 Å². The standard InChI is InChI=1S/C14H21N3O2/c1-11-5-4-6-12(9-11)10-17-13(18)7-2-3-8-16-14(15)19/h4-6,9H,2-3,7-8,10H2,1H3,(H,17,18)(H3,15,16,19). The zero-order chi connectivity index (χ0) is 14.1. The number of unbranched alkanes of at least 4 members (excludes halogenated alkanes) is 1. The first kappa shape index (κ1) is 15.0. The van der Waals surface area contributed by atoms with Crippen LogP contribution in [0.2, 0.25) is 0 Å². The molecule has 0 spiro atoms. The van der Waals surface area contributed by atoms with Crippen molar-refractivity contribution < 1.29 is 9.59 Å². The maximum absolute atomic E-state index is 11.6. The number of hydrogen-bond donors (Lipinski definition) is 3. The number of amides is 3. The monoisotopic (exact) mass is 263 g/mol. The van der Waals surface area contributed by atoms with Crippen LogP contribution in [-0.4, -0.2) is 18.5 Å². The average molecular weight is 263 g/mol. The lowest BCUT2D eigenvalue weighted by atomic mass is 10.1. The summed E-state index contributed by atoms with van der Waals surface area (Å²) in [6.45, 7) is 3.09. The van der Waals surface area contributed by atoms with E-state index in [0.29, 0.717) is 19.5 Å². The zero-order valence-electron chi connectivity index (χ0n) is 11.2. The van der Waals surface area contributed by atoms with Gasteiger partial charge < -0.3 is 16.4 Å². The minimum atomic E-state index is -0.524. The van der Waals surface area contributed by atoms with E-state index in [1.807, 2.05) is 25.1 Å². The van der Waals surface area contributed by atoms with Gasteiger partial charge in [-0.3, -0.25) is 4.79 Å². The minimum absolute atomic E-state index is 0.0283. The van der Waals surface area contributed by atoms with Crippen LogP contribution < -0.4 is 16.4 Å². The van der Waals surface area contributed by atoms with Gasteiger partial charge in [-0.25, -0.2) is 4.79 Å². The average Bonchev–Trinajstić information content (AvgIpc) is 2.35. The zero-order valence-corrected chi connectivity index (χ0v) is 11.2. The van der Waals surface area contributed by atoms with E-state index in [4.69, 9.17) is 5.73 Å². The third-order valence-electron chi connectivity index (χ3n) is 2.70. The lowest BCUT2D eigenvalue weighted by Gasteiger charge is -2.06. The molecule has 0 heterocycles. The summed E-state index contributed by atoms with van der Waals surface area (Å²) in [4.78, 5) is 22.0. The van der Waals surface area contributed by atoms with Crippen LogP contribution in [0.25, 0.3) is 0 Å². The van der Waals surface area contributed by atoms with Crippen molar-refractivity contribution in [2.24, 2.45) is 5.73 Å². The Morgan fingerprint density at radius 1 is 1.21 bits per heavy atom. The van der Waals surface area contributed by atoms with Gasteiger partial charge in [-0.2, -0.15) is 0 Å². The summed E-state index contributed by atoms with van der Waals surface area (Å²) in [6, 6.07) is 7.52. The molecule has 1 aromatic rings. The molecule has 5 nitrogen and oxygen atoms in total. The van der Waals surface area contributed by atoms with E-state index in [0.717, 1.165) is 18.4 Å². The molecule has 0 saturated heterocycles. The SMILES string of the molecule is Cc1cccc(CNC(=O)CCCCNC(N)=O)c1. The van der Waals surface area contributed by atoms with Crippen molar-refractivity contribution in [2.45, 2.75) is 32.7 Å². The summed E-state index contributed by atoms with van der Waals surface area (Å²) < 4.78 is 0. The van der Waals surface area contributed by atoms with E-state index in [9.17, 15) is 9.59 Å². The fourth-order valence-corrected chi connectivity index (χ4v) is 1.73. The van der Waals surface area contributed by atoms with Gasteiger partial charge in [-0.15, -0.1) is 0 Å². The quantitative estimate of drug-likeness (QED) is 0.650. The fraction of sp³-hybridized carbons (Fsp3) is 0.429. The molecule has 0 saturated carbocycles. The van der Waals surface area contributed by atoms with E-state index in [1.54, 1.807) is 0 Å². The smallest absolute Gasteiger partial charge is 0.312 e. The van der Waals surface area contributed by atoms with Gasteiger partial charge in [-0.1, -0.05) is 29.8 Å². The van der Waals surface area contributed by atoms with Crippen LogP contribution >= 0.6 is 0 Å². The number of carbonyl (C=O) groups is 2. The van der Waals surface area contributed by atoms with Crippen LogP contribution in [0.3, 0.4) is 0 Å². The van der Waals surface area contributed by atoms with E-state index in [-0.39, 0.29) is 5.91 Å². The summed E-state index contributed by atoms with van der Waals surface area (Å²) in [6.07, 6.45) is 1.95. The minimum Gasteiger partial charge on any atom is -0.352 e. The Kier molecular flexibility index (Phi) is 6.43. The van der Waals surface area contributed by atoms with Crippen LogP contribution in [0.5, 0.6) is 0 Å². The molecule has 0 radical (unpaired) electrons.